The highest BCUT2D eigenvalue weighted by Gasteiger charge is 2.44. The number of guanidine groups is 1. The fourth-order valence-electron chi connectivity index (χ4n) is 4.71. The molecule has 2 saturated heterocycles. The van der Waals surface area contributed by atoms with E-state index in [0.29, 0.717) is 13.1 Å². The number of likely N-dealkylation sites (tertiary alicyclic amines) is 1. The number of piperazine rings is 1. The van der Waals surface area contributed by atoms with Gasteiger partial charge in [0.15, 0.2) is 5.96 Å². The van der Waals surface area contributed by atoms with E-state index in [4.69, 9.17) is 4.99 Å². The van der Waals surface area contributed by atoms with Gasteiger partial charge in [-0.3, -0.25) is 14.7 Å². The summed E-state index contributed by atoms with van der Waals surface area (Å²) in [7, 11) is 0. The van der Waals surface area contributed by atoms with Gasteiger partial charge < -0.3 is 15.1 Å². The maximum atomic E-state index is 13.7. The minimum atomic E-state index is -0.171. The van der Waals surface area contributed by atoms with Gasteiger partial charge in [-0.05, 0) is 56.7 Å². The summed E-state index contributed by atoms with van der Waals surface area (Å²) in [5.41, 5.74) is 1.05. The number of nitrogens with one attached hydrogen (secondary N) is 1. The average molecular weight is 430 g/mol. The van der Waals surface area contributed by atoms with Crippen molar-refractivity contribution in [1.29, 1.82) is 0 Å². The van der Waals surface area contributed by atoms with Gasteiger partial charge >= 0.3 is 0 Å². The summed E-state index contributed by atoms with van der Waals surface area (Å²) >= 11 is 0. The lowest BCUT2D eigenvalue weighted by Gasteiger charge is -2.37. The topological polar surface area (TPSA) is 51.2 Å². The standard InChI is InChI=1S/C24H36FN5O/c1-2-26-23(27-19-24(9-10-24)20-7-6-8-21(25)17-20)30-15-13-28(14-16-30)18-22(31)29-11-4-3-5-12-29/h6-8,17H,2-5,9-16,18-19H2,1H3,(H,26,27). The van der Waals surface area contributed by atoms with Gasteiger partial charge in [0, 0.05) is 51.2 Å². The van der Waals surface area contributed by atoms with E-state index in [1.54, 1.807) is 12.1 Å². The van der Waals surface area contributed by atoms with Crippen LogP contribution in [0.1, 0.15) is 44.6 Å². The van der Waals surface area contributed by atoms with Crippen LogP contribution in [0.3, 0.4) is 0 Å². The smallest absolute Gasteiger partial charge is 0.236 e. The maximum Gasteiger partial charge on any atom is 0.236 e. The molecule has 170 valence electrons. The van der Waals surface area contributed by atoms with Gasteiger partial charge in [-0.2, -0.15) is 0 Å². The van der Waals surface area contributed by atoms with Crippen molar-refractivity contribution in [3.05, 3.63) is 35.6 Å². The summed E-state index contributed by atoms with van der Waals surface area (Å²) in [5.74, 6) is 1.04. The fourth-order valence-corrected chi connectivity index (χ4v) is 4.71. The zero-order valence-corrected chi connectivity index (χ0v) is 18.8. The molecule has 6 nitrogen and oxygen atoms in total. The number of halogens is 1. The molecule has 1 amide bonds. The van der Waals surface area contributed by atoms with Crippen LogP contribution in [0.2, 0.25) is 0 Å². The van der Waals surface area contributed by atoms with Gasteiger partial charge in [-0.1, -0.05) is 12.1 Å². The van der Waals surface area contributed by atoms with Crippen LogP contribution in [0.4, 0.5) is 4.39 Å². The third-order valence-corrected chi connectivity index (χ3v) is 6.90. The summed E-state index contributed by atoms with van der Waals surface area (Å²) in [4.78, 5) is 24.1. The van der Waals surface area contributed by atoms with Crippen LogP contribution in [0.15, 0.2) is 29.3 Å². The Morgan fingerprint density at radius 3 is 2.45 bits per heavy atom. The Hall–Kier alpha value is -2.15. The molecular formula is C24H36FN5O. The fraction of sp³-hybridized carbons (Fsp3) is 0.667. The average Bonchev–Trinajstić information content (AvgIpc) is 3.59. The maximum absolute atomic E-state index is 13.7. The molecule has 0 spiro atoms. The van der Waals surface area contributed by atoms with E-state index in [1.165, 1.54) is 12.5 Å². The lowest BCUT2D eigenvalue weighted by molar-refractivity contribution is -0.133. The molecule has 1 aliphatic carbocycles. The van der Waals surface area contributed by atoms with Gasteiger partial charge in [0.2, 0.25) is 5.91 Å². The molecule has 4 rings (SSSR count). The lowest BCUT2D eigenvalue weighted by Crippen LogP contribution is -2.54. The second-order valence-electron chi connectivity index (χ2n) is 9.17. The van der Waals surface area contributed by atoms with Gasteiger partial charge in [0.1, 0.15) is 5.82 Å². The zero-order valence-electron chi connectivity index (χ0n) is 18.8. The number of nitrogens with zero attached hydrogens (tertiary/aromatic N) is 4. The predicted molar refractivity (Wildman–Crippen MR) is 122 cm³/mol. The van der Waals surface area contributed by atoms with E-state index in [2.05, 4.69) is 22.0 Å². The zero-order chi connectivity index (χ0) is 21.7. The summed E-state index contributed by atoms with van der Waals surface area (Å²) in [5, 5.41) is 3.43. The number of rotatable bonds is 6. The number of carbonyl (C=O) groups excluding carboxylic acids is 1. The quantitative estimate of drug-likeness (QED) is 0.558. The van der Waals surface area contributed by atoms with Gasteiger partial charge in [0.05, 0.1) is 13.1 Å². The summed E-state index contributed by atoms with van der Waals surface area (Å²) in [6.45, 7) is 9.45. The van der Waals surface area contributed by atoms with Crippen LogP contribution in [-0.2, 0) is 10.2 Å². The number of aliphatic imine (C=N–C) groups is 1. The predicted octanol–water partition coefficient (Wildman–Crippen LogP) is 2.45. The first-order chi connectivity index (χ1) is 15.1. The van der Waals surface area contributed by atoms with Crippen LogP contribution in [0, 0.1) is 5.82 Å². The van der Waals surface area contributed by atoms with Crippen LogP contribution < -0.4 is 5.32 Å². The Morgan fingerprint density at radius 2 is 1.81 bits per heavy atom. The number of piperidine rings is 1. The highest BCUT2D eigenvalue weighted by molar-refractivity contribution is 5.80. The van der Waals surface area contributed by atoms with Crippen molar-refractivity contribution in [2.75, 3.05) is 58.9 Å². The molecule has 3 aliphatic rings. The van der Waals surface area contributed by atoms with E-state index in [0.717, 1.165) is 83.0 Å². The second-order valence-corrected chi connectivity index (χ2v) is 9.17. The van der Waals surface area contributed by atoms with Gasteiger partial charge in [0.25, 0.3) is 0 Å². The number of hydrogen-bond donors (Lipinski definition) is 1. The van der Waals surface area contributed by atoms with Crippen molar-refractivity contribution >= 4 is 11.9 Å². The highest BCUT2D eigenvalue weighted by Crippen LogP contribution is 2.48. The van der Waals surface area contributed by atoms with Crippen LogP contribution in [0.5, 0.6) is 0 Å². The molecule has 1 aromatic rings. The van der Waals surface area contributed by atoms with Gasteiger partial charge in [-0.15, -0.1) is 0 Å². The lowest BCUT2D eigenvalue weighted by atomic mass is 9.96. The van der Waals surface area contributed by atoms with Crippen LogP contribution >= 0.6 is 0 Å². The molecule has 2 heterocycles. The number of carbonyl (C=O) groups is 1. The summed E-state index contributed by atoms with van der Waals surface area (Å²) < 4.78 is 13.7. The molecule has 2 aliphatic heterocycles. The number of hydrogen-bond acceptors (Lipinski definition) is 3. The van der Waals surface area contributed by atoms with E-state index >= 15 is 0 Å². The Bertz CT molecular complexity index is 780. The highest BCUT2D eigenvalue weighted by atomic mass is 19.1. The summed E-state index contributed by atoms with van der Waals surface area (Å²) in [6.07, 6.45) is 5.64. The summed E-state index contributed by atoms with van der Waals surface area (Å²) in [6, 6.07) is 6.98. The molecule has 0 unspecified atom stereocenters. The Morgan fingerprint density at radius 1 is 1.06 bits per heavy atom. The van der Waals surface area contributed by atoms with E-state index in [-0.39, 0.29) is 17.1 Å². The van der Waals surface area contributed by atoms with Crippen molar-refractivity contribution in [3.8, 4) is 0 Å². The molecule has 3 fully saturated rings. The molecule has 0 bridgehead atoms. The minimum absolute atomic E-state index is 0.00848. The minimum Gasteiger partial charge on any atom is -0.357 e. The number of benzene rings is 1. The number of amides is 1. The second kappa shape index (κ2) is 9.98. The molecule has 0 atom stereocenters. The molecule has 1 N–H and O–H groups in total. The molecule has 7 heteroatoms. The van der Waals surface area contributed by atoms with Crippen molar-refractivity contribution in [2.45, 2.75) is 44.4 Å². The van der Waals surface area contributed by atoms with Crippen molar-refractivity contribution in [2.24, 2.45) is 4.99 Å². The molecule has 1 aromatic carbocycles. The molecule has 0 radical (unpaired) electrons. The monoisotopic (exact) mass is 429 g/mol. The first-order valence-corrected chi connectivity index (χ1v) is 11.9. The van der Waals surface area contributed by atoms with E-state index < -0.39 is 0 Å². The van der Waals surface area contributed by atoms with Crippen LogP contribution in [-0.4, -0.2) is 85.5 Å². The SMILES string of the molecule is CCNC(=NCC1(c2cccc(F)c2)CC1)N1CCN(CC(=O)N2CCCCC2)CC1. The van der Waals surface area contributed by atoms with Crippen molar-refractivity contribution in [1.82, 2.24) is 20.0 Å². The van der Waals surface area contributed by atoms with Crippen LogP contribution in [0.25, 0.3) is 0 Å². The Labute approximate surface area is 185 Å². The first kappa shape index (κ1) is 22.1. The largest absolute Gasteiger partial charge is 0.357 e. The van der Waals surface area contributed by atoms with Crippen molar-refractivity contribution in [3.63, 3.8) is 0 Å². The molecule has 0 aromatic heterocycles. The molecule has 1 saturated carbocycles. The van der Waals surface area contributed by atoms with E-state index in [9.17, 15) is 9.18 Å². The molecular weight excluding hydrogens is 393 g/mol. The normalized spacial score (nSPS) is 21.8. The van der Waals surface area contributed by atoms with Crippen molar-refractivity contribution < 1.29 is 9.18 Å². The Balaban J connectivity index is 1.31. The molecule has 31 heavy (non-hydrogen) atoms. The van der Waals surface area contributed by atoms with E-state index in [1.807, 2.05) is 11.0 Å². The first-order valence-electron chi connectivity index (χ1n) is 11.9. The third kappa shape index (κ3) is 5.56. The van der Waals surface area contributed by atoms with Gasteiger partial charge in [-0.25, -0.2) is 4.39 Å². The Kier molecular flexibility index (Phi) is 7.10. The third-order valence-electron chi connectivity index (χ3n) is 6.90.